The van der Waals surface area contributed by atoms with Gasteiger partial charge in [-0.25, -0.2) is 0 Å². The smallest absolute Gasteiger partial charge is 0.271 e. The van der Waals surface area contributed by atoms with E-state index in [2.05, 4.69) is 20.7 Å². The van der Waals surface area contributed by atoms with Crippen molar-refractivity contribution < 1.29 is 19.4 Å². The number of aryl methyl sites for hydroxylation is 1. The maximum Gasteiger partial charge on any atom is 0.271 e. The van der Waals surface area contributed by atoms with Gasteiger partial charge < -0.3 is 20.5 Å². The Morgan fingerprint density at radius 2 is 2.28 bits per heavy atom. The van der Waals surface area contributed by atoms with E-state index >= 15 is 0 Å². The van der Waals surface area contributed by atoms with Crippen LogP contribution in [-0.2, 0) is 18.4 Å². The summed E-state index contributed by atoms with van der Waals surface area (Å²) >= 11 is 0. The zero-order chi connectivity index (χ0) is 20.4. The van der Waals surface area contributed by atoms with Crippen LogP contribution in [0.25, 0.3) is 10.9 Å². The number of hydrogen-bond acceptors (Lipinski definition) is 6. The summed E-state index contributed by atoms with van der Waals surface area (Å²) in [5.41, 5.74) is 0.524. The lowest BCUT2D eigenvalue weighted by atomic mass is 9.98. The molecular formula is C20H21N5O4. The number of hydrogen-bond donors (Lipinski definition) is 3. The first-order chi connectivity index (χ1) is 14.0. The molecule has 0 aliphatic carbocycles. The van der Waals surface area contributed by atoms with Crippen molar-refractivity contribution in [1.82, 2.24) is 25.4 Å². The molecule has 9 nitrogen and oxygen atoms in total. The van der Waals surface area contributed by atoms with Gasteiger partial charge in [-0.1, -0.05) is 6.07 Å². The molecule has 1 saturated heterocycles. The van der Waals surface area contributed by atoms with Gasteiger partial charge in [0.05, 0.1) is 12.1 Å². The first-order valence-electron chi connectivity index (χ1n) is 9.22. The number of carbonyl (C=O) groups is 2. The van der Waals surface area contributed by atoms with E-state index in [-0.39, 0.29) is 5.91 Å². The Balaban J connectivity index is 1.61. The zero-order valence-corrected chi connectivity index (χ0v) is 15.9. The summed E-state index contributed by atoms with van der Waals surface area (Å²) in [6, 6.07) is 9.05. The lowest BCUT2D eigenvalue weighted by Gasteiger charge is -2.24. The summed E-state index contributed by atoms with van der Waals surface area (Å²) in [6.45, 7) is 0.271. The van der Waals surface area contributed by atoms with Gasteiger partial charge in [-0.2, -0.15) is 5.10 Å². The first kappa shape index (κ1) is 18.9. The van der Waals surface area contributed by atoms with Gasteiger partial charge in [0.1, 0.15) is 23.6 Å². The van der Waals surface area contributed by atoms with E-state index in [1.54, 1.807) is 37.6 Å². The molecule has 1 fully saturated rings. The number of ether oxygens (including phenoxy) is 1. The number of nitrogens with zero attached hydrogens (tertiary/aromatic N) is 3. The summed E-state index contributed by atoms with van der Waals surface area (Å²) in [7, 11) is 1.66. The van der Waals surface area contributed by atoms with E-state index in [4.69, 9.17) is 4.74 Å². The number of aliphatic hydroxyl groups is 1. The van der Waals surface area contributed by atoms with Crippen molar-refractivity contribution in [2.24, 2.45) is 7.05 Å². The van der Waals surface area contributed by atoms with Gasteiger partial charge >= 0.3 is 0 Å². The van der Waals surface area contributed by atoms with Gasteiger partial charge in [0.25, 0.3) is 5.91 Å². The van der Waals surface area contributed by atoms with Crippen LogP contribution >= 0.6 is 0 Å². The average Bonchev–Trinajstić information content (AvgIpc) is 3.26. The molecule has 1 aromatic carbocycles. The van der Waals surface area contributed by atoms with Crippen molar-refractivity contribution in [2.45, 2.75) is 18.6 Å². The van der Waals surface area contributed by atoms with Crippen LogP contribution in [0.15, 0.2) is 42.7 Å². The van der Waals surface area contributed by atoms with Crippen LogP contribution in [0.3, 0.4) is 0 Å². The Morgan fingerprint density at radius 3 is 2.97 bits per heavy atom. The molecular weight excluding hydrogens is 374 g/mol. The lowest BCUT2D eigenvalue weighted by Crippen LogP contribution is -2.56. The molecule has 0 spiro atoms. The highest BCUT2D eigenvalue weighted by molar-refractivity contribution is 6.07. The van der Waals surface area contributed by atoms with Crippen molar-refractivity contribution in [3.8, 4) is 5.75 Å². The van der Waals surface area contributed by atoms with E-state index in [0.29, 0.717) is 41.9 Å². The van der Waals surface area contributed by atoms with Gasteiger partial charge in [-0.3, -0.25) is 19.3 Å². The monoisotopic (exact) mass is 395 g/mol. The molecule has 3 heterocycles. The summed E-state index contributed by atoms with van der Waals surface area (Å²) in [5.74, 6) is -0.287. The second-order valence-corrected chi connectivity index (χ2v) is 7.00. The van der Waals surface area contributed by atoms with Gasteiger partial charge in [0.2, 0.25) is 5.91 Å². The average molecular weight is 395 g/mol. The number of aromatic nitrogens is 3. The van der Waals surface area contributed by atoms with Crippen molar-refractivity contribution in [1.29, 1.82) is 0 Å². The molecule has 1 aliphatic rings. The molecule has 150 valence electrons. The minimum Gasteiger partial charge on any atom is -0.489 e. The summed E-state index contributed by atoms with van der Waals surface area (Å²) in [4.78, 5) is 29.2. The standard InChI is InChI=1S/C20H21N5O4/c1-25-17(18(27)23-20(12-26)6-8-22-19(20)28)15-9-14(4-5-16(15)24-25)29-11-13-3-2-7-21-10-13/h2-5,7,9-10,26H,6,8,11-12H2,1H3,(H,22,28)(H,23,27). The third kappa shape index (κ3) is 3.52. The second kappa shape index (κ2) is 7.51. The van der Waals surface area contributed by atoms with Gasteiger partial charge in [-0.15, -0.1) is 0 Å². The maximum atomic E-state index is 13.0. The van der Waals surface area contributed by atoms with Crippen LogP contribution in [0.4, 0.5) is 0 Å². The Hall–Kier alpha value is -3.46. The van der Waals surface area contributed by atoms with E-state index in [1.165, 1.54) is 4.68 Å². The Kier molecular flexibility index (Phi) is 4.89. The van der Waals surface area contributed by atoms with Gasteiger partial charge in [0.15, 0.2) is 0 Å². The largest absolute Gasteiger partial charge is 0.489 e. The fourth-order valence-corrected chi connectivity index (χ4v) is 3.45. The number of carbonyl (C=O) groups excluding carboxylic acids is 2. The van der Waals surface area contributed by atoms with E-state index < -0.39 is 18.1 Å². The molecule has 3 N–H and O–H groups in total. The van der Waals surface area contributed by atoms with Crippen molar-refractivity contribution in [3.05, 3.63) is 54.0 Å². The molecule has 1 unspecified atom stereocenters. The lowest BCUT2D eigenvalue weighted by molar-refractivity contribution is -0.125. The number of nitrogens with one attached hydrogen (secondary N) is 2. The van der Waals surface area contributed by atoms with Crippen LogP contribution in [0, 0.1) is 0 Å². The Labute approximate surface area is 166 Å². The molecule has 9 heteroatoms. The highest BCUT2D eigenvalue weighted by atomic mass is 16.5. The molecule has 4 rings (SSSR count). The van der Waals surface area contributed by atoms with E-state index in [9.17, 15) is 14.7 Å². The normalized spacial score (nSPS) is 18.6. The highest BCUT2D eigenvalue weighted by Crippen LogP contribution is 2.25. The fraction of sp³-hybridized carbons (Fsp3) is 0.300. The van der Waals surface area contributed by atoms with E-state index in [0.717, 1.165) is 5.56 Å². The number of pyridine rings is 1. The minimum absolute atomic E-state index is 0.291. The summed E-state index contributed by atoms with van der Waals surface area (Å²) in [6.07, 6.45) is 3.74. The minimum atomic E-state index is -1.32. The number of benzene rings is 1. The van der Waals surface area contributed by atoms with Gasteiger partial charge in [-0.05, 0) is 30.7 Å². The molecule has 0 radical (unpaired) electrons. The Morgan fingerprint density at radius 1 is 1.41 bits per heavy atom. The second-order valence-electron chi connectivity index (χ2n) is 7.00. The zero-order valence-electron chi connectivity index (χ0n) is 15.9. The summed E-state index contributed by atoms with van der Waals surface area (Å²) in [5, 5.41) is 20.0. The Bertz CT molecular complexity index is 1070. The molecule has 0 bridgehead atoms. The number of amides is 2. The molecule has 1 atom stereocenters. The van der Waals surface area contributed by atoms with Crippen LogP contribution < -0.4 is 15.4 Å². The van der Waals surface area contributed by atoms with Crippen LogP contribution in [0.5, 0.6) is 5.75 Å². The SMILES string of the molecule is Cn1nc2ccc(OCc3cccnc3)cc2c1C(=O)NC1(CO)CCNC1=O. The molecule has 1 aliphatic heterocycles. The topological polar surface area (TPSA) is 118 Å². The molecule has 29 heavy (non-hydrogen) atoms. The molecule has 0 saturated carbocycles. The van der Waals surface area contributed by atoms with Crippen molar-refractivity contribution >= 4 is 22.7 Å². The number of fused-ring (bicyclic) bond motifs is 1. The quantitative estimate of drug-likeness (QED) is 0.560. The molecule has 2 amide bonds. The fourth-order valence-electron chi connectivity index (χ4n) is 3.45. The number of aliphatic hydroxyl groups excluding tert-OH is 1. The molecule has 2 aromatic heterocycles. The van der Waals surface area contributed by atoms with Crippen LogP contribution in [0.2, 0.25) is 0 Å². The maximum absolute atomic E-state index is 13.0. The van der Waals surface area contributed by atoms with E-state index in [1.807, 2.05) is 12.1 Å². The van der Waals surface area contributed by atoms with Crippen LogP contribution in [-0.4, -0.2) is 50.4 Å². The molecule has 3 aromatic rings. The van der Waals surface area contributed by atoms with Crippen molar-refractivity contribution in [2.75, 3.05) is 13.2 Å². The third-order valence-corrected chi connectivity index (χ3v) is 5.04. The van der Waals surface area contributed by atoms with Crippen LogP contribution in [0.1, 0.15) is 22.5 Å². The number of rotatable bonds is 6. The van der Waals surface area contributed by atoms with Gasteiger partial charge in [0, 0.05) is 36.9 Å². The first-order valence-corrected chi connectivity index (χ1v) is 9.22. The summed E-state index contributed by atoms with van der Waals surface area (Å²) < 4.78 is 7.28. The van der Waals surface area contributed by atoms with Crippen molar-refractivity contribution in [3.63, 3.8) is 0 Å². The third-order valence-electron chi connectivity index (χ3n) is 5.04. The predicted octanol–water partition coefficient (Wildman–Crippen LogP) is 0.528. The predicted molar refractivity (Wildman–Crippen MR) is 104 cm³/mol. The highest BCUT2D eigenvalue weighted by Gasteiger charge is 2.43.